The molecule has 1 N–H and O–H groups in total. The molecular weight excluding hydrogens is 346 g/mol. The molecule has 6 nitrogen and oxygen atoms in total. The first-order chi connectivity index (χ1) is 12.6. The largest absolute Gasteiger partial charge is 0.389 e. The minimum Gasteiger partial charge on any atom is -0.389 e. The lowest BCUT2D eigenvalue weighted by Gasteiger charge is -2.03. The van der Waals surface area contributed by atoms with Crippen LogP contribution in [0.1, 0.15) is 25.3 Å². The molecule has 0 unspecified atom stereocenters. The second kappa shape index (κ2) is 7.01. The monoisotopic (exact) mass is 367 g/mol. The Kier molecular flexibility index (Phi) is 4.57. The number of aliphatic hydroxyl groups is 1. The second-order valence-electron chi connectivity index (χ2n) is 6.77. The number of hydrogen-bond acceptors (Lipinski definition) is 5. The van der Waals surface area contributed by atoms with Crippen molar-refractivity contribution in [3.8, 4) is 22.5 Å². The number of rotatable bonds is 6. The van der Waals surface area contributed by atoms with Gasteiger partial charge in [0.05, 0.1) is 24.2 Å². The van der Waals surface area contributed by atoms with Gasteiger partial charge in [-0.15, -0.1) is 11.3 Å². The lowest BCUT2D eigenvalue weighted by molar-refractivity contribution is 0.281. The number of aromatic nitrogens is 5. The van der Waals surface area contributed by atoms with Crippen LogP contribution in [-0.2, 0) is 13.2 Å². The van der Waals surface area contributed by atoms with E-state index in [2.05, 4.69) is 30.1 Å². The molecule has 0 saturated heterocycles. The first-order valence-corrected chi connectivity index (χ1v) is 9.57. The zero-order chi connectivity index (χ0) is 18.1. The fourth-order valence-corrected chi connectivity index (χ4v) is 3.47. The Morgan fingerprint density at radius 3 is 2.73 bits per heavy atom. The summed E-state index contributed by atoms with van der Waals surface area (Å²) in [4.78, 5) is 9.13. The van der Waals surface area contributed by atoms with E-state index in [0.717, 1.165) is 46.1 Å². The van der Waals surface area contributed by atoms with Gasteiger partial charge in [0.25, 0.3) is 0 Å². The molecule has 0 fully saturated rings. The molecule has 26 heavy (non-hydrogen) atoms. The van der Waals surface area contributed by atoms with Crippen LogP contribution in [0, 0.1) is 5.92 Å². The highest BCUT2D eigenvalue weighted by Gasteiger charge is 2.10. The molecule has 4 heterocycles. The number of imidazole rings is 1. The predicted octanol–water partition coefficient (Wildman–Crippen LogP) is 3.86. The van der Waals surface area contributed by atoms with Crippen LogP contribution in [0.2, 0.25) is 0 Å². The van der Waals surface area contributed by atoms with Crippen molar-refractivity contribution < 1.29 is 5.11 Å². The maximum Gasteiger partial charge on any atom is 0.137 e. The minimum absolute atomic E-state index is 0.0249. The van der Waals surface area contributed by atoms with E-state index in [9.17, 15) is 5.11 Å². The van der Waals surface area contributed by atoms with Gasteiger partial charge >= 0.3 is 0 Å². The van der Waals surface area contributed by atoms with Crippen molar-refractivity contribution in [3.63, 3.8) is 0 Å². The van der Waals surface area contributed by atoms with Crippen molar-refractivity contribution >= 4 is 17.0 Å². The first-order valence-electron chi connectivity index (χ1n) is 8.69. The van der Waals surface area contributed by atoms with Crippen molar-refractivity contribution in [1.29, 1.82) is 0 Å². The topological polar surface area (TPSA) is 68.2 Å². The fraction of sp³-hybridized carbons (Fsp3) is 0.316. The minimum atomic E-state index is -0.0249. The molecule has 0 aliphatic rings. The Balaban J connectivity index is 1.61. The number of pyridine rings is 1. The van der Waals surface area contributed by atoms with Gasteiger partial charge in [-0.3, -0.25) is 4.68 Å². The van der Waals surface area contributed by atoms with Crippen LogP contribution in [0.4, 0.5) is 0 Å². The summed E-state index contributed by atoms with van der Waals surface area (Å²) in [6, 6.07) is 3.99. The highest BCUT2D eigenvalue weighted by Crippen LogP contribution is 2.24. The van der Waals surface area contributed by atoms with Crippen LogP contribution in [0.5, 0.6) is 0 Å². The maximum absolute atomic E-state index is 9.19. The van der Waals surface area contributed by atoms with Gasteiger partial charge in [0, 0.05) is 41.6 Å². The predicted molar refractivity (Wildman–Crippen MR) is 103 cm³/mol. The molecule has 0 radical (unpaired) electrons. The van der Waals surface area contributed by atoms with Crippen LogP contribution >= 0.6 is 11.3 Å². The van der Waals surface area contributed by atoms with E-state index in [-0.39, 0.29) is 6.61 Å². The summed E-state index contributed by atoms with van der Waals surface area (Å²) in [6.45, 7) is 5.33. The molecule has 0 aliphatic heterocycles. The van der Waals surface area contributed by atoms with Crippen LogP contribution in [0.15, 0.2) is 42.3 Å². The Morgan fingerprint density at radius 1 is 1.08 bits per heavy atom. The van der Waals surface area contributed by atoms with Gasteiger partial charge in [0.1, 0.15) is 10.7 Å². The smallest absolute Gasteiger partial charge is 0.137 e. The summed E-state index contributed by atoms with van der Waals surface area (Å²) in [7, 11) is 0. The fourth-order valence-electron chi connectivity index (χ4n) is 2.81. The number of nitrogens with zero attached hydrogens (tertiary/aromatic N) is 5. The van der Waals surface area contributed by atoms with Gasteiger partial charge in [-0.2, -0.15) is 5.10 Å². The second-order valence-corrected chi connectivity index (χ2v) is 7.71. The molecule has 0 aromatic carbocycles. The number of hydrogen-bond donors (Lipinski definition) is 1. The number of aliphatic hydroxyl groups excluding tert-OH is 1. The molecule has 0 aliphatic carbocycles. The van der Waals surface area contributed by atoms with E-state index < -0.39 is 0 Å². The zero-order valence-electron chi connectivity index (χ0n) is 14.8. The van der Waals surface area contributed by atoms with E-state index in [4.69, 9.17) is 4.98 Å². The van der Waals surface area contributed by atoms with Crippen molar-refractivity contribution in [2.45, 2.75) is 33.4 Å². The Bertz CT molecular complexity index is 1030. The first kappa shape index (κ1) is 16.9. The molecule has 7 heteroatoms. The molecule has 4 rings (SSSR count). The highest BCUT2D eigenvalue weighted by molar-refractivity contribution is 7.09. The van der Waals surface area contributed by atoms with Crippen molar-refractivity contribution in [1.82, 2.24) is 24.1 Å². The average Bonchev–Trinajstić information content (AvgIpc) is 3.36. The number of aryl methyl sites for hydroxylation is 1. The summed E-state index contributed by atoms with van der Waals surface area (Å²) in [5.41, 5.74) is 4.70. The summed E-state index contributed by atoms with van der Waals surface area (Å²) in [6.07, 6.45) is 9.07. The number of fused-ring (bicyclic) bond motifs is 1. The Morgan fingerprint density at radius 2 is 1.96 bits per heavy atom. The summed E-state index contributed by atoms with van der Waals surface area (Å²) >= 11 is 1.46. The van der Waals surface area contributed by atoms with Crippen LogP contribution in [0.3, 0.4) is 0 Å². The molecule has 4 aromatic heterocycles. The molecule has 4 aromatic rings. The summed E-state index contributed by atoms with van der Waals surface area (Å²) in [5, 5.41) is 16.3. The van der Waals surface area contributed by atoms with Crippen molar-refractivity contribution in [3.05, 3.63) is 47.3 Å². The van der Waals surface area contributed by atoms with E-state index in [0.29, 0.717) is 5.92 Å². The van der Waals surface area contributed by atoms with Gasteiger partial charge in [-0.25, -0.2) is 9.97 Å². The lowest BCUT2D eigenvalue weighted by Crippen LogP contribution is -2.01. The number of thiazole rings is 1. The van der Waals surface area contributed by atoms with Crippen LogP contribution in [-0.4, -0.2) is 29.3 Å². The van der Waals surface area contributed by atoms with Crippen LogP contribution in [0.25, 0.3) is 28.2 Å². The molecule has 0 amide bonds. The molecule has 0 bridgehead atoms. The van der Waals surface area contributed by atoms with Gasteiger partial charge in [0.15, 0.2) is 0 Å². The van der Waals surface area contributed by atoms with E-state index in [1.54, 1.807) is 0 Å². The van der Waals surface area contributed by atoms with Crippen molar-refractivity contribution in [2.24, 2.45) is 5.92 Å². The van der Waals surface area contributed by atoms with Gasteiger partial charge in [-0.1, -0.05) is 13.8 Å². The third kappa shape index (κ3) is 3.40. The van der Waals surface area contributed by atoms with Crippen molar-refractivity contribution in [2.75, 3.05) is 0 Å². The maximum atomic E-state index is 9.19. The summed E-state index contributed by atoms with van der Waals surface area (Å²) < 4.78 is 3.99. The molecule has 0 spiro atoms. The highest BCUT2D eigenvalue weighted by atomic mass is 32.1. The average molecular weight is 367 g/mol. The SMILES string of the molecule is CC(C)CCn1cc(-c2cn3cc(-c4csc(CO)n4)ccc3n2)cn1. The van der Waals surface area contributed by atoms with Gasteiger partial charge < -0.3 is 9.51 Å². The molecular formula is C19H21N5OS. The van der Waals surface area contributed by atoms with Gasteiger partial charge in [-0.05, 0) is 24.5 Å². The standard InChI is InChI=1S/C19H21N5OS/c1-13(2)5-6-24-9-15(7-20-24)16-10-23-8-14(3-4-18(23)21-16)17-12-26-19(11-25)22-17/h3-4,7-10,12-13,25H,5-6,11H2,1-2H3. The molecule has 134 valence electrons. The zero-order valence-corrected chi connectivity index (χ0v) is 15.6. The van der Waals surface area contributed by atoms with Crippen LogP contribution < -0.4 is 0 Å². The van der Waals surface area contributed by atoms with Gasteiger partial charge in [0.2, 0.25) is 0 Å². The van der Waals surface area contributed by atoms with E-state index in [1.165, 1.54) is 11.3 Å². The quantitative estimate of drug-likeness (QED) is 0.562. The molecule has 0 atom stereocenters. The third-order valence-electron chi connectivity index (χ3n) is 4.30. The lowest BCUT2D eigenvalue weighted by atomic mass is 10.1. The Labute approximate surface area is 155 Å². The normalized spacial score (nSPS) is 11.7. The summed E-state index contributed by atoms with van der Waals surface area (Å²) in [5.74, 6) is 0.660. The van der Waals surface area contributed by atoms with E-state index >= 15 is 0 Å². The third-order valence-corrected chi connectivity index (χ3v) is 5.13. The van der Waals surface area contributed by atoms with E-state index in [1.807, 2.05) is 45.2 Å². The Hall–Kier alpha value is -2.51. The molecule has 0 saturated carbocycles.